The van der Waals surface area contributed by atoms with Gasteiger partial charge >= 0.3 is 6.18 Å². The zero-order chi connectivity index (χ0) is 14.8. The van der Waals surface area contributed by atoms with E-state index in [0.29, 0.717) is 0 Å². The van der Waals surface area contributed by atoms with Crippen molar-refractivity contribution in [2.24, 2.45) is 5.41 Å². The molecule has 6 heteroatoms. The predicted molar refractivity (Wildman–Crippen MR) is 69.2 cm³/mol. The first-order chi connectivity index (χ1) is 8.49. The lowest BCUT2D eigenvalue weighted by atomic mass is 9.92. The van der Waals surface area contributed by atoms with Crippen molar-refractivity contribution in [3.05, 3.63) is 28.8 Å². The Morgan fingerprint density at radius 2 is 1.84 bits per heavy atom. The Morgan fingerprint density at radius 1 is 1.26 bits per heavy atom. The lowest BCUT2D eigenvalue weighted by molar-refractivity contribution is -0.137. The van der Waals surface area contributed by atoms with Crippen LogP contribution < -0.4 is 5.32 Å². The summed E-state index contributed by atoms with van der Waals surface area (Å²) in [7, 11) is 0. The first kappa shape index (κ1) is 15.8. The molecule has 0 saturated heterocycles. The lowest BCUT2D eigenvalue weighted by Gasteiger charge is -2.18. The zero-order valence-corrected chi connectivity index (χ0v) is 11.6. The molecule has 1 amide bonds. The van der Waals surface area contributed by atoms with E-state index in [-0.39, 0.29) is 28.5 Å². The van der Waals surface area contributed by atoms with Crippen LogP contribution in [0.1, 0.15) is 32.8 Å². The van der Waals surface area contributed by atoms with Crippen LogP contribution in [0.25, 0.3) is 0 Å². The van der Waals surface area contributed by atoms with Crippen LogP contribution in [0, 0.1) is 5.41 Å². The predicted octanol–water partition coefficient (Wildman–Crippen LogP) is 4.73. The molecular weight excluding hydrogens is 279 g/mol. The Kier molecular flexibility index (Phi) is 4.50. The van der Waals surface area contributed by atoms with Gasteiger partial charge in [0.25, 0.3) is 0 Å². The monoisotopic (exact) mass is 293 g/mol. The summed E-state index contributed by atoms with van der Waals surface area (Å²) < 4.78 is 37.9. The minimum Gasteiger partial charge on any atom is -0.326 e. The molecule has 106 valence electrons. The summed E-state index contributed by atoms with van der Waals surface area (Å²) in [5, 5.41) is 2.05. The molecule has 0 bridgehead atoms. The molecule has 0 radical (unpaired) electrons. The van der Waals surface area contributed by atoms with E-state index in [1.165, 1.54) is 6.07 Å². The fraction of sp³-hybridized carbons (Fsp3) is 0.462. The number of hydrogen-bond acceptors (Lipinski definition) is 1. The van der Waals surface area contributed by atoms with Crippen LogP contribution in [0.4, 0.5) is 18.9 Å². The largest absolute Gasteiger partial charge is 0.417 e. The summed E-state index contributed by atoms with van der Waals surface area (Å²) in [6.45, 7) is 5.61. The molecule has 0 aromatic heterocycles. The Labute approximate surface area is 114 Å². The van der Waals surface area contributed by atoms with E-state index >= 15 is 0 Å². The number of amides is 1. The van der Waals surface area contributed by atoms with Crippen LogP contribution in [0.15, 0.2) is 18.2 Å². The van der Waals surface area contributed by atoms with Gasteiger partial charge in [-0.3, -0.25) is 4.79 Å². The van der Waals surface area contributed by atoms with Crippen molar-refractivity contribution in [2.45, 2.75) is 33.4 Å². The third kappa shape index (κ3) is 5.11. The Balaban J connectivity index is 2.89. The number of halogens is 4. The second kappa shape index (κ2) is 5.41. The summed E-state index contributed by atoms with van der Waals surface area (Å²) >= 11 is 5.49. The van der Waals surface area contributed by atoms with Crippen molar-refractivity contribution in [1.82, 2.24) is 0 Å². The minimum atomic E-state index is -4.54. The van der Waals surface area contributed by atoms with Crippen molar-refractivity contribution in [3.8, 4) is 0 Å². The highest BCUT2D eigenvalue weighted by molar-refractivity contribution is 6.31. The maximum atomic E-state index is 12.6. The zero-order valence-electron chi connectivity index (χ0n) is 10.9. The molecule has 0 fully saturated rings. The topological polar surface area (TPSA) is 29.1 Å². The van der Waals surface area contributed by atoms with Crippen molar-refractivity contribution in [1.29, 1.82) is 0 Å². The average molecular weight is 294 g/mol. The van der Waals surface area contributed by atoms with Gasteiger partial charge in [-0.15, -0.1) is 0 Å². The van der Waals surface area contributed by atoms with E-state index in [1.54, 1.807) is 0 Å². The molecule has 0 aliphatic carbocycles. The van der Waals surface area contributed by atoms with Crippen LogP contribution >= 0.6 is 11.6 Å². The van der Waals surface area contributed by atoms with Crippen LogP contribution in [0.2, 0.25) is 5.02 Å². The highest BCUT2D eigenvalue weighted by atomic mass is 35.5. The fourth-order valence-electron chi connectivity index (χ4n) is 1.51. The van der Waals surface area contributed by atoms with Crippen molar-refractivity contribution in [3.63, 3.8) is 0 Å². The molecule has 1 rings (SSSR count). The van der Waals surface area contributed by atoms with Crippen molar-refractivity contribution < 1.29 is 18.0 Å². The van der Waals surface area contributed by atoms with E-state index < -0.39 is 11.7 Å². The molecule has 2 nitrogen and oxygen atoms in total. The normalized spacial score (nSPS) is 12.4. The van der Waals surface area contributed by atoms with Gasteiger partial charge in [0, 0.05) is 12.1 Å². The van der Waals surface area contributed by atoms with E-state index in [2.05, 4.69) is 5.32 Å². The Hall–Kier alpha value is -1.23. The molecule has 0 spiro atoms. The van der Waals surface area contributed by atoms with Crippen molar-refractivity contribution >= 4 is 23.2 Å². The summed E-state index contributed by atoms with van der Waals surface area (Å²) in [4.78, 5) is 11.6. The quantitative estimate of drug-likeness (QED) is 0.839. The van der Waals surface area contributed by atoms with Gasteiger partial charge in [0.15, 0.2) is 0 Å². The van der Waals surface area contributed by atoms with Gasteiger partial charge in [-0.1, -0.05) is 32.4 Å². The molecule has 0 atom stereocenters. The van der Waals surface area contributed by atoms with Gasteiger partial charge in [0.05, 0.1) is 10.6 Å². The molecule has 1 aromatic rings. The number of benzene rings is 1. The smallest absolute Gasteiger partial charge is 0.326 e. The SMILES string of the molecule is CC(C)(C)CC(=O)Nc1ccc(Cl)c(C(F)(F)F)c1. The Morgan fingerprint density at radius 3 is 2.32 bits per heavy atom. The highest BCUT2D eigenvalue weighted by Crippen LogP contribution is 2.36. The van der Waals surface area contributed by atoms with Gasteiger partial charge < -0.3 is 5.32 Å². The summed E-state index contributed by atoms with van der Waals surface area (Å²) in [6.07, 6.45) is -4.32. The lowest BCUT2D eigenvalue weighted by Crippen LogP contribution is -2.20. The first-order valence-electron chi connectivity index (χ1n) is 5.66. The first-order valence-corrected chi connectivity index (χ1v) is 6.03. The fourth-order valence-corrected chi connectivity index (χ4v) is 1.73. The van der Waals surface area contributed by atoms with Gasteiger partial charge in [0.2, 0.25) is 5.91 Å². The molecule has 1 N–H and O–H groups in total. The number of alkyl halides is 3. The molecule has 19 heavy (non-hydrogen) atoms. The Bertz CT molecular complexity index is 478. The number of anilines is 1. The summed E-state index contributed by atoms with van der Waals surface area (Å²) in [5.41, 5.74) is -1.10. The standard InChI is InChI=1S/C13H15ClF3NO/c1-12(2,3)7-11(19)18-8-4-5-10(14)9(6-8)13(15,16)17/h4-6H,7H2,1-3H3,(H,18,19). The van der Waals surface area contributed by atoms with Gasteiger partial charge in [-0.2, -0.15) is 13.2 Å². The van der Waals surface area contributed by atoms with Crippen LogP contribution in [0.3, 0.4) is 0 Å². The second-order valence-corrected chi connectivity index (χ2v) is 5.89. The molecule has 0 aliphatic heterocycles. The molecule has 1 aromatic carbocycles. The maximum absolute atomic E-state index is 12.6. The third-order valence-electron chi connectivity index (χ3n) is 2.25. The molecule has 0 aliphatic rings. The molecule has 0 saturated carbocycles. The number of nitrogens with one attached hydrogen (secondary N) is 1. The molecule has 0 heterocycles. The number of hydrogen-bond donors (Lipinski definition) is 1. The van der Waals surface area contributed by atoms with Gasteiger partial charge in [-0.05, 0) is 23.6 Å². The number of carbonyl (C=O) groups is 1. The summed E-state index contributed by atoms with van der Waals surface area (Å²) in [6, 6.07) is 3.30. The van der Waals surface area contributed by atoms with E-state index in [4.69, 9.17) is 11.6 Å². The number of carbonyl (C=O) groups excluding carboxylic acids is 1. The molecule has 0 unspecified atom stereocenters. The van der Waals surface area contributed by atoms with Gasteiger partial charge in [-0.25, -0.2) is 0 Å². The highest BCUT2D eigenvalue weighted by Gasteiger charge is 2.33. The van der Waals surface area contributed by atoms with E-state index in [0.717, 1.165) is 12.1 Å². The second-order valence-electron chi connectivity index (χ2n) is 5.48. The third-order valence-corrected chi connectivity index (χ3v) is 2.58. The average Bonchev–Trinajstić information content (AvgIpc) is 2.16. The summed E-state index contributed by atoms with van der Waals surface area (Å²) in [5.74, 6) is -0.331. The maximum Gasteiger partial charge on any atom is 0.417 e. The molecular formula is C13H15ClF3NO. The van der Waals surface area contributed by atoms with Gasteiger partial charge in [0.1, 0.15) is 0 Å². The number of rotatable bonds is 2. The minimum absolute atomic E-state index is 0.0889. The van der Waals surface area contributed by atoms with Crippen LogP contribution in [0.5, 0.6) is 0 Å². The van der Waals surface area contributed by atoms with Crippen LogP contribution in [-0.4, -0.2) is 5.91 Å². The van der Waals surface area contributed by atoms with Crippen molar-refractivity contribution in [2.75, 3.05) is 5.32 Å². The van der Waals surface area contributed by atoms with E-state index in [9.17, 15) is 18.0 Å². The van der Waals surface area contributed by atoms with Crippen LogP contribution in [-0.2, 0) is 11.0 Å². The van der Waals surface area contributed by atoms with E-state index in [1.807, 2.05) is 20.8 Å².